The first kappa shape index (κ1) is 15.5. The SMILES string of the molecule is CC(NC(=O)C1(N)CCCC1)c1c(Cl)ccc(F)c1Cl. The van der Waals surface area contributed by atoms with Gasteiger partial charge >= 0.3 is 0 Å². The first-order valence-corrected chi connectivity index (χ1v) is 7.34. The molecule has 1 aliphatic rings. The normalized spacial score (nSPS) is 18.9. The van der Waals surface area contributed by atoms with Gasteiger partial charge in [0.1, 0.15) is 5.82 Å². The Kier molecular flexibility index (Phi) is 4.57. The van der Waals surface area contributed by atoms with Crippen LogP contribution < -0.4 is 11.1 Å². The van der Waals surface area contributed by atoms with Crippen LogP contribution in [0.25, 0.3) is 0 Å². The van der Waals surface area contributed by atoms with Crippen LogP contribution >= 0.6 is 23.2 Å². The molecule has 2 rings (SSSR count). The molecular formula is C14H17Cl2FN2O. The minimum Gasteiger partial charge on any atom is -0.348 e. The second kappa shape index (κ2) is 5.88. The Morgan fingerprint density at radius 2 is 2.00 bits per heavy atom. The summed E-state index contributed by atoms with van der Waals surface area (Å²) in [6.07, 6.45) is 3.21. The minimum atomic E-state index is -0.833. The molecule has 0 aliphatic heterocycles. The summed E-state index contributed by atoms with van der Waals surface area (Å²) >= 11 is 12.0. The molecule has 1 aromatic carbocycles. The zero-order chi connectivity index (χ0) is 14.9. The van der Waals surface area contributed by atoms with Crippen molar-refractivity contribution < 1.29 is 9.18 Å². The van der Waals surface area contributed by atoms with Crippen molar-refractivity contribution in [2.75, 3.05) is 0 Å². The molecule has 1 aliphatic carbocycles. The Balaban J connectivity index is 2.18. The number of rotatable bonds is 3. The van der Waals surface area contributed by atoms with E-state index in [1.54, 1.807) is 6.92 Å². The summed E-state index contributed by atoms with van der Waals surface area (Å²) in [5.41, 5.74) is 5.63. The summed E-state index contributed by atoms with van der Waals surface area (Å²) in [5, 5.41) is 3.04. The standard InChI is InChI=1S/C14H17Cl2FN2O/c1-8(11-9(15)4-5-10(17)12(11)16)19-13(20)14(18)6-2-3-7-14/h4-5,8H,2-3,6-7,18H2,1H3,(H,19,20). The maximum absolute atomic E-state index is 13.5. The third-order valence-corrected chi connectivity index (χ3v) is 4.52. The van der Waals surface area contributed by atoms with Crippen LogP contribution in [0.3, 0.4) is 0 Å². The van der Waals surface area contributed by atoms with Gasteiger partial charge in [-0.05, 0) is 31.9 Å². The molecule has 1 saturated carbocycles. The third-order valence-electron chi connectivity index (χ3n) is 3.81. The van der Waals surface area contributed by atoms with Gasteiger partial charge in [-0.15, -0.1) is 0 Å². The highest BCUT2D eigenvalue weighted by molar-refractivity contribution is 6.36. The van der Waals surface area contributed by atoms with Crippen LogP contribution in [-0.2, 0) is 4.79 Å². The molecule has 1 unspecified atom stereocenters. The molecule has 0 heterocycles. The fourth-order valence-corrected chi connectivity index (χ4v) is 3.28. The monoisotopic (exact) mass is 318 g/mol. The van der Waals surface area contributed by atoms with E-state index in [4.69, 9.17) is 28.9 Å². The second-order valence-corrected chi connectivity index (χ2v) is 6.10. The third kappa shape index (κ3) is 2.92. The summed E-state index contributed by atoms with van der Waals surface area (Å²) in [4.78, 5) is 12.2. The number of halogens is 3. The molecule has 6 heteroatoms. The summed E-state index contributed by atoms with van der Waals surface area (Å²) < 4.78 is 13.5. The molecular weight excluding hydrogens is 302 g/mol. The van der Waals surface area contributed by atoms with Crippen molar-refractivity contribution >= 4 is 29.1 Å². The number of carbonyl (C=O) groups is 1. The fraction of sp³-hybridized carbons (Fsp3) is 0.500. The van der Waals surface area contributed by atoms with Crippen molar-refractivity contribution in [3.63, 3.8) is 0 Å². The van der Waals surface area contributed by atoms with Gasteiger partial charge in [0.2, 0.25) is 5.91 Å². The number of amides is 1. The molecule has 1 atom stereocenters. The first-order valence-electron chi connectivity index (χ1n) is 6.58. The maximum Gasteiger partial charge on any atom is 0.240 e. The number of hydrogen-bond acceptors (Lipinski definition) is 2. The summed E-state index contributed by atoms with van der Waals surface area (Å²) in [7, 11) is 0. The summed E-state index contributed by atoms with van der Waals surface area (Å²) in [5.74, 6) is -0.797. The molecule has 0 spiro atoms. The van der Waals surface area contributed by atoms with Gasteiger partial charge in [0.25, 0.3) is 0 Å². The van der Waals surface area contributed by atoms with Crippen LogP contribution in [0, 0.1) is 5.82 Å². The van der Waals surface area contributed by atoms with E-state index in [1.807, 2.05) is 0 Å². The average molecular weight is 319 g/mol. The van der Waals surface area contributed by atoms with Gasteiger partial charge in [-0.1, -0.05) is 36.0 Å². The molecule has 1 amide bonds. The Morgan fingerprint density at radius 3 is 2.60 bits per heavy atom. The van der Waals surface area contributed by atoms with Gasteiger partial charge in [-0.2, -0.15) is 0 Å². The molecule has 3 N–H and O–H groups in total. The van der Waals surface area contributed by atoms with E-state index in [9.17, 15) is 9.18 Å². The lowest BCUT2D eigenvalue weighted by Gasteiger charge is -2.26. The van der Waals surface area contributed by atoms with E-state index >= 15 is 0 Å². The highest BCUT2D eigenvalue weighted by atomic mass is 35.5. The topological polar surface area (TPSA) is 55.1 Å². The first-order chi connectivity index (χ1) is 9.35. The lowest BCUT2D eigenvalue weighted by molar-refractivity contribution is -0.126. The number of benzene rings is 1. The van der Waals surface area contributed by atoms with Crippen molar-refractivity contribution in [1.82, 2.24) is 5.32 Å². The van der Waals surface area contributed by atoms with Gasteiger partial charge in [0, 0.05) is 10.6 Å². The predicted molar refractivity (Wildman–Crippen MR) is 78.4 cm³/mol. The smallest absolute Gasteiger partial charge is 0.240 e. The Labute approximate surface area is 127 Å². The highest BCUT2D eigenvalue weighted by Gasteiger charge is 2.37. The quantitative estimate of drug-likeness (QED) is 0.837. The number of nitrogens with two attached hydrogens (primary N) is 1. The van der Waals surface area contributed by atoms with Crippen LogP contribution in [0.2, 0.25) is 10.0 Å². The number of nitrogens with one attached hydrogen (secondary N) is 1. The van der Waals surface area contributed by atoms with E-state index in [2.05, 4.69) is 5.32 Å². The fourth-order valence-electron chi connectivity index (χ4n) is 2.59. The van der Waals surface area contributed by atoms with Crippen LogP contribution in [0.4, 0.5) is 4.39 Å². The molecule has 110 valence electrons. The Hall–Kier alpha value is -0.840. The summed E-state index contributed by atoms with van der Waals surface area (Å²) in [6, 6.07) is 2.12. The van der Waals surface area contributed by atoms with Crippen LogP contribution in [-0.4, -0.2) is 11.4 Å². The number of hydrogen-bond donors (Lipinski definition) is 2. The van der Waals surface area contributed by atoms with Crippen LogP contribution in [0.1, 0.15) is 44.2 Å². The number of carbonyl (C=O) groups excluding carboxylic acids is 1. The molecule has 1 aromatic rings. The molecule has 0 aromatic heterocycles. The van der Waals surface area contributed by atoms with Crippen molar-refractivity contribution in [2.45, 2.75) is 44.2 Å². The van der Waals surface area contributed by atoms with Crippen LogP contribution in [0.5, 0.6) is 0 Å². The van der Waals surface area contributed by atoms with Crippen molar-refractivity contribution in [1.29, 1.82) is 0 Å². The van der Waals surface area contributed by atoms with Gasteiger partial charge in [-0.25, -0.2) is 4.39 Å². The second-order valence-electron chi connectivity index (χ2n) is 5.32. The van der Waals surface area contributed by atoms with Gasteiger partial charge in [-0.3, -0.25) is 4.79 Å². The average Bonchev–Trinajstić information content (AvgIpc) is 2.83. The van der Waals surface area contributed by atoms with Crippen molar-refractivity contribution in [3.8, 4) is 0 Å². The van der Waals surface area contributed by atoms with E-state index in [0.29, 0.717) is 23.4 Å². The van der Waals surface area contributed by atoms with E-state index in [0.717, 1.165) is 12.8 Å². The Morgan fingerprint density at radius 1 is 1.40 bits per heavy atom. The van der Waals surface area contributed by atoms with Crippen molar-refractivity contribution in [2.24, 2.45) is 5.73 Å². The molecule has 1 fully saturated rings. The Bertz CT molecular complexity index is 530. The molecule has 3 nitrogen and oxygen atoms in total. The van der Waals surface area contributed by atoms with Gasteiger partial charge < -0.3 is 11.1 Å². The van der Waals surface area contributed by atoms with E-state index in [-0.39, 0.29) is 10.9 Å². The van der Waals surface area contributed by atoms with Crippen molar-refractivity contribution in [3.05, 3.63) is 33.6 Å². The maximum atomic E-state index is 13.5. The molecule has 20 heavy (non-hydrogen) atoms. The zero-order valence-electron chi connectivity index (χ0n) is 11.2. The molecule has 0 bridgehead atoms. The molecule has 0 radical (unpaired) electrons. The molecule has 0 saturated heterocycles. The lowest BCUT2D eigenvalue weighted by atomic mass is 9.97. The van der Waals surface area contributed by atoms with E-state index in [1.165, 1.54) is 12.1 Å². The lowest BCUT2D eigenvalue weighted by Crippen LogP contribution is -2.52. The van der Waals surface area contributed by atoms with Gasteiger partial charge in [0.15, 0.2) is 0 Å². The highest BCUT2D eigenvalue weighted by Crippen LogP contribution is 2.33. The summed E-state index contributed by atoms with van der Waals surface area (Å²) in [6.45, 7) is 1.71. The van der Waals surface area contributed by atoms with E-state index < -0.39 is 17.4 Å². The van der Waals surface area contributed by atoms with Gasteiger partial charge in [0.05, 0.1) is 16.6 Å². The largest absolute Gasteiger partial charge is 0.348 e. The predicted octanol–water partition coefficient (Wildman–Crippen LogP) is 3.58. The minimum absolute atomic E-state index is 0.0669. The zero-order valence-corrected chi connectivity index (χ0v) is 12.7. The van der Waals surface area contributed by atoms with Crippen LogP contribution in [0.15, 0.2) is 12.1 Å².